The fourth-order valence-electron chi connectivity index (χ4n) is 2.18. The smallest absolute Gasteiger partial charge is 0.320 e. The molecule has 3 aromatic heterocycles. The third-order valence-corrected chi connectivity index (χ3v) is 3.40. The van der Waals surface area contributed by atoms with E-state index in [1.54, 1.807) is 17.0 Å². The van der Waals surface area contributed by atoms with E-state index in [0.29, 0.717) is 24.3 Å². The molecule has 0 aliphatic heterocycles. The lowest BCUT2D eigenvalue weighted by Gasteiger charge is -2.07. The Morgan fingerprint density at radius 3 is 2.74 bits per heavy atom. The van der Waals surface area contributed by atoms with Crippen LogP contribution in [0.15, 0.2) is 24.5 Å². The second-order valence-corrected chi connectivity index (χ2v) is 5.12. The molecule has 0 radical (unpaired) electrons. The molecular formula is C15H18N6O2. The van der Waals surface area contributed by atoms with Crippen LogP contribution >= 0.6 is 0 Å². The van der Waals surface area contributed by atoms with E-state index in [0.717, 1.165) is 18.4 Å². The molecule has 0 aliphatic carbocycles. The Morgan fingerprint density at radius 1 is 1.22 bits per heavy atom. The van der Waals surface area contributed by atoms with Gasteiger partial charge in [0.05, 0.1) is 13.2 Å². The summed E-state index contributed by atoms with van der Waals surface area (Å²) in [5.74, 6) is 0.185. The molecule has 0 bridgehead atoms. The van der Waals surface area contributed by atoms with Crippen LogP contribution in [0.1, 0.15) is 25.3 Å². The average Bonchev–Trinajstić information content (AvgIpc) is 2.86. The van der Waals surface area contributed by atoms with Gasteiger partial charge in [0, 0.05) is 12.4 Å². The van der Waals surface area contributed by atoms with Gasteiger partial charge in [-0.25, -0.2) is 0 Å². The fraction of sp³-hybridized carbons (Fsp3) is 0.333. The van der Waals surface area contributed by atoms with Crippen molar-refractivity contribution >= 4 is 17.0 Å². The van der Waals surface area contributed by atoms with Crippen LogP contribution in [0.3, 0.4) is 0 Å². The van der Waals surface area contributed by atoms with Gasteiger partial charge in [0.2, 0.25) is 0 Å². The Labute approximate surface area is 133 Å². The lowest BCUT2D eigenvalue weighted by Crippen LogP contribution is -2.06. The number of aromatic nitrogens is 5. The first-order chi connectivity index (χ1) is 11.2. The number of ether oxygens (including phenoxy) is 1. The number of aromatic hydroxyl groups is 1. The summed E-state index contributed by atoms with van der Waals surface area (Å²) in [5.41, 5.74) is 7.67. The van der Waals surface area contributed by atoms with Crippen molar-refractivity contribution in [1.82, 2.24) is 24.5 Å². The number of unbranched alkanes of at least 4 members (excludes halogenated alkanes) is 1. The Balaban J connectivity index is 1.98. The fourth-order valence-corrected chi connectivity index (χ4v) is 2.18. The Hall–Kier alpha value is -2.90. The molecule has 3 rings (SSSR count). The molecular weight excluding hydrogens is 296 g/mol. The molecule has 0 aliphatic rings. The van der Waals surface area contributed by atoms with E-state index in [1.807, 2.05) is 12.1 Å². The summed E-state index contributed by atoms with van der Waals surface area (Å²) in [6.45, 7) is 2.99. The molecule has 8 heteroatoms. The Bertz CT molecular complexity index is 803. The molecule has 120 valence electrons. The van der Waals surface area contributed by atoms with Gasteiger partial charge in [-0.2, -0.15) is 15.0 Å². The zero-order valence-electron chi connectivity index (χ0n) is 12.8. The van der Waals surface area contributed by atoms with Crippen molar-refractivity contribution in [3.63, 3.8) is 0 Å². The number of pyridine rings is 1. The summed E-state index contributed by atoms with van der Waals surface area (Å²) in [4.78, 5) is 16.4. The minimum absolute atomic E-state index is 0.163. The minimum Gasteiger partial charge on any atom is -0.480 e. The Kier molecular flexibility index (Phi) is 4.22. The van der Waals surface area contributed by atoms with Crippen molar-refractivity contribution in [2.45, 2.75) is 26.3 Å². The van der Waals surface area contributed by atoms with Crippen LogP contribution in [0.5, 0.6) is 12.0 Å². The number of imidazole rings is 1. The quantitative estimate of drug-likeness (QED) is 0.666. The molecule has 0 spiro atoms. The predicted molar refractivity (Wildman–Crippen MR) is 85.1 cm³/mol. The summed E-state index contributed by atoms with van der Waals surface area (Å²) in [6.07, 6.45) is 5.30. The number of anilines is 1. The van der Waals surface area contributed by atoms with E-state index in [2.05, 4.69) is 26.9 Å². The van der Waals surface area contributed by atoms with Crippen LogP contribution in [-0.2, 0) is 6.54 Å². The molecule has 3 aromatic rings. The highest BCUT2D eigenvalue weighted by Crippen LogP contribution is 2.25. The van der Waals surface area contributed by atoms with Gasteiger partial charge in [-0.3, -0.25) is 9.55 Å². The molecule has 0 saturated carbocycles. The normalized spacial score (nSPS) is 11.0. The molecule has 23 heavy (non-hydrogen) atoms. The van der Waals surface area contributed by atoms with Gasteiger partial charge in [0.15, 0.2) is 17.0 Å². The van der Waals surface area contributed by atoms with Gasteiger partial charge in [-0.05, 0) is 24.1 Å². The first kappa shape index (κ1) is 15.0. The maximum absolute atomic E-state index is 10.1. The molecule has 0 unspecified atom stereocenters. The number of fused-ring (bicyclic) bond motifs is 1. The molecule has 8 nitrogen and oxygen atoms in total. The lowest BCUT2D eigenvalue weighted by atomic mass is 10.3. The standard InChI is InChI=1S/C15H18N6O2/c1-2-3-8-23-14-19-12(16)11-13(20-14)21(15(22)18-11)9-10-4-6-17-7-5-10/h4-7H,2-3,8-9H2,1H3,(H,18,22)(H2,16,19,20). The molecule has 0 amide bonds. The van der Waals surface area contributed by atoms with E-state index in [1.165, 1.54) is 0 Å². The third-order valence-electron chi connectivity index (χ3n) is 3.40. The van der Waals surface area contributed by atoms with Crippen LogP contribution in [0.4, 0.5) is 5.82 Å². The van der Waals surface area contributed by atoms with Crippen molar-refractivity contribution in [3.8, 4) is 12.0 Å². The first-order valence-electron chi connectivity index (χ1n) is 7.43. The van der Waals surface area contributed by atoms with Crippen LogP contribution in [-0.4, -0.2) is 36.2 Å². The second-order valence-electron chi connectivity index (χ2n) is 5.12. The second kappa shape index (κ2) is 6.47. The molecule has 3 N–H and O–H groups in total. The van der Waals surface area contributed by atoms with Crippen molar-refractivity contribution in [1.29, 1.82) is 0 Å². The van der Waals surface area contributed by atoms with Crippen molar-refractivity contribution < 1.29 is 9.84 Å². The molecule has 3 heterocycles. The van der Waals surface area contributed by atoms with Crippen molar-refractivity contribution in [3.05, 3.63) is 30.1 Å². The molecule has 0 atom stereocenters. The summed E-state index contributed by atoms with van der Waals surface area (Å²) in [6, 6.07) is 3.74. The first-order valence-corrected chi connectivity index (χ1v) is 7.43. The van der Waals surface area contributed by atoms with Crippen molar-refractivity contribution in [2.24, 2.45) is 0 Å². The summed E-state index contributed by atoms with van der Waals surface area (Å²) in [5, 5.41) is 10.1. The van der Waals surface area contributed by atoms with Gasteiger partial charge in [0.25, 0.3) is 6.01 Å². The maximum atomic E-state index is 10.1. The Morgan fingerprint density at radius 2 is 2.00 bits per heavy atom. The predicted octanol–water partition coefficient (Wildman–Crippen LogP) is 1.74. The number of hydrogen-bond acceptors (Lipinski definition) is 7. The van der Waals surface area contributed by atoms with E-state index in [4.69, 9.17) is 10.5 Å². The van der Waals surface area contributed by atoms with E-state index >= 15 is 0 Å². The highest BCUT2D eigenvalue weighted by atomic mass is 16.5. The lowest BCUT2D eigenvalue weighted by molar-refractivity contribution is 0.286. The molecule has 0 fully saturated rings. The van der Waals surface area contributed by atoms with Gasteiger partial charge in [-0.1, -0.05) is 13.3 Å². The highest BCUT2D eigenvalue weighted by molar-refractivity contribution is 5.83. The van der Waals surface area contributed by atoms with E-state index in [-0.39, 0.29) is 17.8 Å². The summed E-state index contributed by atoms with van der Waals surface area (Å²) >= 11 is 0. The molecule has 0 saturated heterocycles. The van der Waals surface area contributed by atoms with Gasteiger partial charge in [-0.15, -0.1) is 0 Å². The maximum Gasteiger partial charge on any atom is 0.320 e. The largest absolute Gasteiger partial charge is 0.480 e. The number of hydrogen-bond donors (Lipinski definition) is 2. The van der Waals surface area contributed by atoms with Gasteiger partial charge < -0.3 is 15.6 Å². The van der Waals surface area contributed by atoms with Crippen LogP contribution in [0.2, 0.25) is 0 Å². The zero-order chi connectivity index (χ0) is 16.2. The zero-order valence-corrected chi connectivity index (χ0v) is 12.8. The third kappa shape index (κ3) is 3.15. The van der Waals surface area contributed by atoms with Crippen molar-refractivity contribution in [2.75, 3.05) is 12.3 Å². The van der Waals surface area contributed by atoms with E-state index in [9.17, 15) is 5.11 Å². The highest BCUT2D eigenvalue weighted by Gasteiger charge is 2.17. The van der Waals surface area contributed by atoms with E-state index < -0.39 is 0 Å². The number of nitrogen functional groups attached to an aromatic ring is 1. The molecule has 0 aromatic carbocycles. The van der Waals surface area contributed by atoms with Crippen LogP contribution in [0.25, 0.3) is 11.2 Å². The van der Waals surface area contributed by atoms with Crippen LogP contribution < -0.4 is 10.5 Å². The monoisotopic (exact) mass is 314 g/mol. The SMILES string of the molecule is CCCCOc1nc(N)c2nc(O)n(Cc3ccncc3)c2n1. The average molecular weight is 314 g/mol. The number of rotatable bonds is 6. The van der Waals surface area contributed by atoms with Crippen LogP contribution in [0, 0.1) is 0 Å². The number of nitrogens with two attached hydrogens (primary N) is 1. The van der Waals surface area contributed by atoms with Gasteiger partial charge in [0.1, 0.15) is 0 Å². The van der Waals surface area contributed by atoms with Gasteiger partial charge >= 0.3 is 6.01 Å². The minimum atomic E-state index is -0.163. The summed E-state index contributed by atoms with van der Waals surface area (Å²) in [7, 11) is 0. The number of nitrogens with zero attached hydrogens (tertiary/aromatic N) is 5. The summed E-state index contributed by atoms with van der Waals surface area (Å²) < 4.78 is 7.08. The topological polar surface area (TPSA) is 112 Å².